The molecule has 3 heterocycles. The Morgan fingerprint density at radius 1 is 1.50 bits per heavy atom. The van der Waals surface area contributed by atoms with Gasteiger partial charge in [0.15, 0.2) is 5.65 Å². The maximum absolute atomic E-state index is 13.2. The average molecular weight is 337 g/mol. The number of nitrogens with zero attached hydrogens (tertiary/aromatic N) is 4. The van der Waals surface area contributed by atoms with Crippen LogP contribution in [0.4, 0.5) is 8.78 Å². The molecule has 2 amide bonds. The van der Waals surface area contributed by atoms with E-state index in [-0.39, 0.29) is 29.7 Å². The molecule has 7 nitrogen and oxygen atoms in total. The van der Waals surface area contributed by atoms with E-state index in [1.54, 1.807) is 11.9 Å². The molecule has 2 aromatic rings. The topological polar surface area (TPSA) is 79.6 Å². The Morgan fingerprint density at radius 3 is 3.00 bits per heavy atom. The highest BCUT2D eigenvalue weighted by molar-refractivity contribution is 5.94. The summed E-state index contributed by atoms with van der Waals surface area (Å²) in [5.74, 6) is -0.599. The van der Waals surface area contributed by atoms with Gasteiger partial charge in [0, 0.05) is 39.0 Å². The third-order valence-electron chi connectivity index (χ3n) is 4.19. The Bertz CT molecular complexity index is 776. The summed E-state index contributed by atoms with van der Waals surface area (Å²) in [6, 6.07) is 0. The van der Waals surface area contributed by atoms with E-state index in [9.17, 15) is 18.4 Å². The molecule has 24 heavy (non-hydrogen) atoms. The van der Waals surface area contributed by atoms with E-state index in [2.05, 4.69) is 15.3 Å². The molecule has 1 atom stereocenters. The summed E-state index contributed by atoms with van der Waals surface area (Å²) in [5.41, 5.74) is -0.575. The van der Waals surface area contributed by atoms with Gasteiger partial charge in [0.25, 0.3) is 12.3 Å². The number of hydrogen-bond donors (Lipinski definition) is 1. The number of halogens is 2. The van der Waals surface area contributed by atoms with Crippen molar-refractivity contribution in [1.82, 2.24) is 24.6 Å². The average Bonchev–Trinajstić information content (AvgIpc) is 2.95. The summed E-state index contributed by atoms with van der Waals surface area (Å²) in [5, 5.41) is 2.65. The van der Waals surface area contributed by atoms with Crippen molar-refractivity contribution in [3.8, 4) is 0 Å². The molecular weight excluding hydrogens is 320 g/mol. The fourth-order valence-corrected chi connectivity index (χ4v) is 2.80. The van der Waals surface area contributed by atoms with Crippen LogP contribution in [-0.2, 0) is 4.79 Å². The number of amides is 2. The fraction of sp³-hybridized carbons (Fsp3) is 0.467. The van der Waals surface area contributed by atoms with Gasteiger partial charge >= 0.3 is 0 Å². The quantitative estimate of drug-likeness (QED) is 0.911. The molecule has 1 fully saturated rings. The lowest BCUT2D eigenvalue weighted by atomic mass is 9.96. The van der Waals surface area contributed by atoms with Crippen LogP contribution in [-0.4, -0.2) is 51.2 Å². The van der Waals surface area contributed by atoms with Crippen LogP contribution in [0.1, 0.15) is 35.4 Å². The van der Waals surface area contributed by atoms with E-state index < -0.39 is 18.0 Å². The first kappa shape index (κ1) is 16.3. The van der Waals surface area contributed by atoms with Crippen LogP contribution in [0, 0.1) is 5.92 Å². The molecule has 0 spiro atoms. The van der Waals surface area contributed by atoms with Crippen LogP contribution >= 0.6 is 0 Å². The van der Waals surface area contributed by atoms with Gasteiger partial charge in [-0.15, -0.1) is 0 Å². The van der Waals surface area contributed by atoms with Gasteiger partial charge < -0.3 is 10.2 Å². The number of carbonyl (C=O) groups excluding carboxylic acids is 2. The highest BCUT2D eigenvalue weighted by Gasteiger charge is 2.27. The Kier molecular flexibility index (Phi) is 4.41. The van der Waals surface area contributed by atoms with Crippen LogP contribution in [0.2, 0.25) is 0 Å². The largest absolute Gasteiger partial charge is 0.350 e. The number of alkyl halides is 2. The van der Waals surface area contributed by atoms with Crippen molar-refractivity contribution in [3.05, 3.63) is 30.0 Å². The normalized spacial score (nSPS) is 18.4. The van der Waals surface area contributed by atoms with Gasteiger partial charge in [0.1, 0.15) is 11.4 Å². The molecule has 1 unspecified atom stereocenters. The Hall–Kier alpha value is -2.58. The zero-order valence-corrected chi connectivity index (χ0v) is 13.1. The van der Waals surface area contributed by atoms with Crippen LogP contribution in [0.15, 0.2) is 18.6 Å². The summed E-state index contributed by atoms with van der Waals surface area (Å²) in [4.78, 5) is 33.3. The predicted molar refractivity (Wildman–Crippen MR) is 80.6 cm³/mol. The second-order valence-corrected chi connectivity index (χ2v) is 5.84. The van der Waals surface area contributed by atoms with E-state index in [0.717, 1.165) is 6.42 Å². The third-order valence-corrected chi connectivity index (χ3v) is 4.19. The molecular formula is C15H17F2N5O2. The smallest absolute Gasteiger partial charge is 0.282 e. The van der Waals surface area contributed by atoms with Gasteiger partial charge in [-0.3, -0.25) is 19.0 Å². The van der Waals surface area contributed by atoms with Crippen molar-refractivity contribution in [2.45, 2.75) is 19.3 Å². The van der Waals surface area contributed by atoms with E-state index in [1.165, 1.54) is 23.0 Å². The van der Waals surface area contributed by atoms with Gasteiger partial charge in [-0.05, 0) is 12.3 Å². The van der Waals surface area contributed by atoms with Crippen molar-refractivity contribution >= 4 is 17.5 Å². The number of rotatable bonds is 4. The van der Waals surface area contributed by atoms with E-state index >= 15 is 0 Å². The van der Waals surface area contributed by atoms with Crippen LogP contribution in [0.3, 0.4) is 0 Å². The molecule has 1 N–H and O–H groups in total. The van der Waals surface area contributed by atoms with Crippen molar-refractivity contribution in [2.75, 3.05) is 20.1 Å². The highest BCUT2D eigenvalue weighted by atomic mass is 19.3. The molecule has 1 saturated heterocycles. The Labute approximate surface area is 136 Å². The number of imidazole rings is 1. The second-order valence-electron chi connectivity index (χ2n) is 5.84. The minimum absolute atomic E-state index is 0.00787. The maximum Gasteiger partial charge on any atom is 0.282 e. The van der Waals surface area contributed by atoms with Gasteiger partial charge in [0.05, 0.1) is 6.20 Å². The van der Waals surface area contributed by atoms with Gasteiger partial charge in [-0.2, -0.15) is 0 Å². The van der Waals surface area contributed by atoms with Crippen molar-refractivity contribution < 1.29 is 18.4 Å². The number of likely N-dealkylation sites (tertiary alicyclic amines) is 1. The molecule has 2 aromatic heterocycles. The number of fused-ring (bicyclic) bond motifs is 1. The van der Waals surface area contributed by atoms with E-state index in [4.69, 9.17) is 0 Å². The van der Waals surface area contributed by atoms with E-state index in [0.29, 0.717) is 13.0 Å². The molecule has 9 heteroatoms. The molecule has 3 rings (SSSR count). The zero-order chi connectivity index (χ0) is 17.3. The standard InChI is InChI=1S/C15H17F2N5O2/c1-21-4-2-9(6-11(21)23)7-19-15(24)13-12(14(16)17)20-10-8-18-3-5-22(10)13/h3,5,8-9,14H,2,4,6-7H2,1H3,(H,19,24). The highest BCUT2D eigenvalue weighted by Crippen LogP contribution is 2.23. The monoisotopic (exact) mass is 337 g/mol. The minimum Gasteiger partial charge on any atom is -0.350 e. The molecule has 0 radical (unpaired) electrons. The van der Waals surface area contributed by atoms with Gasteiger partial charge in [-0.1, -0.05) is 0 Å². The lowest BCUT2D eigenvalue weighted by molar-refractivity contribution is -0.133. The summed E-state index contributed by atoms with van der Waals surface area (Å²) >= 11 is 0. The number of carbonyl (C=O) groups is 2. The number of aromatic nitrogens is 3. The lowest BCUT2D eigenvalue weighted by Crippen LogP contribution is -2.40. The maximum atomic E-state index is 13.2. The summed E-state index contributed by atoms with van der Waals surface area (Å²) in [6.45, 7) is 0.891. The van der Waals surface area contributed by atoms with Crippen LogP contribution in [0.25, 0.3) is 5.65 Å². The zero-order valence-electron chi connectivity index (χ0n) is 13.1. The predicted octanol–water partition coefficient (Wildman–Crippen LogP) is 1.27. The van der Waals surface area contributed by atoms with Crippen LogP contribution < -0.4 is 5.32 Å². The molecule has 0 bridgehead atoms. The number of hydrogen-bond acceptors (Lipinski definition) is 4. The molecule has 0 aromatic carbocycles. The molecule has 1 aliphatic heterocycles. The minimum atomic E-state index is -2.87. The SMILES string of the molecule is CN1CCC(CNC(=O)c2c(C(F)F)nc3cnccn23)CC1=O. The third kappa shape index (κ3) is 3.06. The lowest BCUT2D eigenvalue weighted by Gasteiger charge is -2.28. The van der Waals surface area contributed by atoms with E-state index in [1.807, 2.05) is 0 Å². The fourth-order valence-electron chi connectivity index (χ4n) is 2.80. The first-order chi connectivity index (χ1) is 11.5. The molecule has 0 saturated carbocycles. The number of nitrogens with one attached hydrogen (secondary N) is 1. The first-order valence-electron chi connectivity index (χ1n) is 7.59. The molecule has 0 aliphatic carbocycles. The Balaban J connectivity index is 1.76. The van der Waals surface area contributed by atoms with Crippen LogP contribution in [0.5, 0.6) is 0 Å². The first-order valence-corrected chi connectivity index (χ1v) is 7.59. The Morgan fingerprint density at radius 2 is 2.29 bits per heavy atom. The molecule has 1 aliphatic rings. The summed E-state index contributed by atoms with van der Waals surface area (Å²) < 4.78 is 27.7. The van der Waals surface area contributed by atoms with Gasteiger partial charge in [-0.25, -0.2) is 13.8 Å². The van der Waals surface area contributed by atoms with Gasteiger partial charge in [0.2, 0.25) is 5.91 Å². The second kappa shape index (κ2) is 6.50. The summed E-state index contributed by atoms with van der Waals surface area (Å²) in [7, 11) is 1.73. The van der Waals surface area contributed by atoms with Crippen molar-refractivity contribution in [1.29, 1.82) is 0 Å². The van der Waals surface area contributed by atoms with Crippen molar-refractivity contribution in [3.63, 3.8) is 0 Å². The molecule has 128 valence electrons. The van der Waals surface area contributed by atoms with Crippen molar-refractivity contribution in [2.24, 2.45) is 5.92 Å². The number of piperidine rings is 1. The summed E-state index contributed by atoms with van der Waals surface area (Å²) in [6.07, 6.45) is 2.38.